The monoisotopic (exact) mass is 392 g/mol. The number of nitrogens with zero attached hydrogens (tertiary/aromatic N) is 2. The van der Waals surface area contributed by atoms with Gasteiger partial charge in [0.25, 0.3) is 5.56 Å². The number of ether oxygens (including phenoxy) is 3. The van der Waals surface area contributed by atoms with Crippen molar-refractivity contribution in [2.75, 3.05) is 13.7 Å². The highest BCUT2D eigenvalue weighted by molar-refractivity contribution is 5.68. The minimum Gasteiger partial charge on any atom is -0.490 e. The summed E-state index contributed by atoms with van der Waals surface area (Å²) in [4.78, 5) is 15.6. The minimum absolute atomic E-state index is 0.210. The van der Waals surface area contributed by atoms with E-state index in [4.69, 9.17) is 14.2 Å². The van der Waals surface area contributed by atoms with Gasteiger partial charge in [0, 0.05) is 13.2 Å². The molecule has 6 heteroatoms. The van der Waals surface area contributed by atoms with E-state index in [1.165, 1.54) is 22.8 Å². The summed E-state index contributed by atoms with van der Waals surface area (Å²) < 4.78 is 18.7. The van der Waals surface area contributed by atoms with Crippen molar-refractivity contribution in [1.82, 2.24) is 9.55 Å². The summed E-state index contributed by atoms with van der Waals surface area (Å²) in [6, 6.07) is 16.2. The minimum atomic E-state index is -0.327. The number of benzene rings is 2. The van der Waals surface area contributed by atoms with Crippen molar-refractivity contribution in [1.29, 1.82) is 0 Å². The van der Waals surface area contributed by atoms with Gasteiger partial charge in [-0.3, -0.25) is 9.36 Å². The molecule has 2 aromatic carbocycles. The molecule has 2 heterocycles. The van der Waals surface area contributed by atoms with Crippen LogP contribution in [0.2, 0.25) is 0 Å². The molecule has 0 amide bonds. The van der Waals surface area contributed by atoms with Crippen LogP contribution in [0.3, 0.4) is 0 Å². The van der Waals surface area contributed by atoms with Crippen molar-refractivity contribution in [3.63, 3.8) is 0 Å². The van der Waals surface area contributed by atoms with Crippen molar-refractivity contribution in [2.45, 2.75) is 33.1 Å². The normalized spacial score (nSPS) is 15.1. The van der Waals surface area contributed by atoms with Crippen molar-refractivity contribution < 1.29 is 14.2 Å². The molecule has 1 aliphatic rings. The number of hydrogen-bond donors (Lipinski definition) is 0. The van der Waals surface area contributed by atoms with Gasteiger partial charge in [0.15, 0.2) is 6.10 Å². The zero-order valence-electron chi connectivity index (χ0n) is 16.8. The third-order valence-electron chi connectivity index (χ3n) is 5.23. The van der Waals surface area contributed by atoms with E-state index in [1.54, 1.807) is 7.11 Å². The molecule has 0 bridgehead atoms. The summed E-state index contributed by atoms with van der Waals surface area (Å²) >= 11 is 0. The Morgan fingerprint density at radius 2 is 1.97 bits per heavy atom. The van der Waals surface area contributed by atoms with Crippen molar-refractivity contribution in [3.8, 4) is 22.9 Å². The smallest absolute Gasteiger partial charge is 0.300 e. The Balaban J connectivity index is 1.42. The number of aryl methyl sites for hydroxylation is 1. The number of rotatable bonds is 6. The van der Waals surface area contributed by atoms with Gasteiger partial charge in [-0.25, -0.2) is 0 Å². The molecule has 0 fully saturated rings. The Labute approximate surface area is 169 Å². The molecule has 1 atom stereocenters. The van der Waals surface area contributed by atoms with Gasteiger partial charge in [-0.1, -0.05) is 30.3 Å². The predicted octanol–water partition coefficient (Wildman–Crippen LogP) is 3.51. The lowest BCUT2D eigenvalue weighted by molar-refractivity contribution is 0.143. The van der Waals surface area contributed by atoms with Crippen molar-refractivity contribution >= 4 is 0 Å². The topological polar surface area (TPSA) is 62.6 Å². The van der Waals surface area contributed by atoms with Gasteiger partial charge < -0.3 is 14.2 Å². The molecule has 0 unspecified atom stereocenters. The first kappa shape index (κ1) is 19.2. The maximum absolute atomic E-state index is 11.7. The Morgan fingerprint density at radius 1 is 1.17 bits per heavy atom. The van der Waals surface area contributed by atoms with Gasteiger partial charge in [-0.05, 0) is 48.2 Å². The molecule has 150 valence electrons. The van der Waals surface area contributed by atoms with E-state index in [2.05, 4.69) is 49.2 Å². The molecule has 1 aliphatic heterocycles. The molecule has 0 radical (unpaired) electrons. The highest BCUT2D eigenvalue weighted by atomic mass is 16.6. The van der Waals surface area contributed by atoms with E-state index in [-0.39, 0.29) is 11.7 Å². The largest absolute Gasteiger partial charge is 0.490 e. The molecule has 0 spiro atoms. The third-order valence-corrected chi connectivity index (χ3v) is 5.23. The Bertz CT molecular complexity index is 1070. The molecular formula is C23H24N2O4. The molecule has 0 saturated carbocycles. The zero-order chi connectivity index (χ0) is 20.4. The van der Waals surface area contributed by atoms with Gasteiger partial charge in [-0.2, -0.15) is 4.98 Å². The van der Waals surface area contributed by atoms with E-state index in [9.17, 15) is 4.79 Å². The molecule has 29 heavy (non-hydrogen) atoms. The fourth-order valence-electron chi connectivity index (χ4n) is 3.54. The van der Waals surface area contributed by atoms with Crippen LogP contribution in [0.5, 0.6) is 11.8 Å². The number of hydrogen-bond acceptors (Lipinski definition) is 5. The average molecular weight is 392 g/mol. The standard InChI is InChI=1S/C23H24N2O4/c1-15-5-4-6-21(16(15)2)17-7-9-19(10-8-17)28-14-20-12-25-18(13-27-3)11-22(26)24-23(25)29-20/h4-11,20H,12-14H2,1-3H3/t20-/m0/s1. The summed E-state index contributed by atoms with van der Waals surface area (Å²) in [6.07, 6.45) is -0.210. The molecule has 6 nitrogen and oxygen atoms in total. The highest BCUT2D eigenvalue weighted by Gasteiger charge is 2.26. The lowest BCUT2D eigenvalue weighted by atomic mass is 9.97. The van der Waals surface area contributed by atoms with Gasteiger partial charge in [0.1, 0.15) is 12.4 Å². The van der Waals surface area contributed by atoms with E-state index >= 15 is 0 Å². The maximum atomic E-state index is 11.7. The number of methoxy groups -OCH3 is 1. The summed E-state index contributed by atoms with van der Waals surface area (Å²) in [7, 11) is 1.59. The average Bonchev–Trinajstić information content (AvgIpc) is 3.12. The van der Waals surface area contributed by atoms with Crippen molar-refractivity contribution in [3.05, 3.63) is 75.7 Å². The maximum Gasteiger partial charge on any atom is 0.300 e. The van der Waals surface area contributed by atoms with Crippen LogP contribution in [0.15, 0.2) is 53.3 Å². The Kier molecular flexibility index (Phi) is 5.36. The van der Waals surface area contributed by atoms with Crippen LogP contribution >= 0.6 is 0 Å². The number of aromatic nitrogens is 2. The van der Waals surface area contributed by atoms with Crippen LogP contribution in [-0.4, -0.2) is 29.4 Å². The molecule has 3 aromatic rings. The van der Waals surface area contributed by atoms with Crippen LogP contribution in [0.25, 0.3) is 11.1 Å². The summed E-state index contributed by atoms with van der Waals surface area (Å²) in [5, 5.41) is 0. The first-order valence-electron chi connectivity index (χ1n) is 9.61. The third kappa shape index (κ3) is 4.03. The van der Waals surface area contributed by atoms with Crippen LogP contribution in [-0.2, 0) is 17.9 Å². The second-order valence-electron chi connectivity index (χ2n) is 7.23. The van der Waals surface area contributed by atoms with Gasteiger partial charge in [-0.15, -0.1) is 0 Å². The predicted molar refractivity (Wildman–Crippen MR) is 110 cm³/mol. The first-order chi connectivity index (χ1) is 14.0. The first-order valence-corrected chi connectivity index (χ1v) is 9.61. The van der Waals surface area contributed by atoms with E-state index in [0.717, 1.165) is 17.0 Å². The van der Waals surface area contributed by atoms with E-state index in [1.807, 2.05) is 16.7 Å². The summed E-state index contributed by atoms with van der Waals surface area (Å²) in [5.74, 6) is 0.776. The molecule has 0 saturated heterocycles. The van der Waals surface area contributed by atoms with Crippen LogP contribution < -0.4 is 15.0 Å². The van der Waals surface area contributed by atoms with E-state index in [0.29, 0.717) is 25.8 Å². The lowest BCUT2D eigenvalue weighted by Gasteiger charge is -2.13. The summed E-state index contributed by atoms with van der Waals surface area (Å²) in [6.45, 7) is 5.54. The molecule has 0 N–H and O–H groups in total. The second kappa shape index (κ2) is 8.09. The zero-order valence-corrected chi connectivity index (χ0v) is 16.8. The van der Waals surface area contributed by atoms with E-state index < -0.39 is 0 Å². The SMILES string of the molecule is COCc1cc(=O)nc2n1C[C@@H](COc1ccc(-c3cccc(C)c3C)cc1)O2. The Hall–Kier alpha value is -3.12. The summed E-state index contributed by atoms with van der Waals surface area (Å²) in [5.41, 5.74) is 5.38. The fraction of sp³-hybridized carbons (Fsp3) is 0.304. The van der Waals surface area contributed by atoms with Gasteiger partial charge in [0.2, 0.25) is 0 Å². The molecule has 0 aliphatic carbocycles. The van der Waals surface area contributed by atoms with Crippen molar-refractivity contribution in [2.24, 2.45) is 0 Å². The molecule has 1 aromatic heterocycles. The highest BCUT2D eigenvalue weighted by Crippen LogP contribution is 2.27. The van der Waals surface area contributed by atoms with Crippen LogP contribution in [0.4, 0.5) is 0 Å². The van der Waals surface area contributed by atoms with Gasteiger partial charge in [0.05, 0.1) is 18.8 Å². The molecule has 4 rings (SSSR count). The number of fused-ring (bicyclic) bond motifs is 1. The fourth-order valence-corrected chi connectivity index (χ4v) is 3.54. The second-order valence-corrected chi connectivity index (χ2v) is 7.23. The molecular weight excluding hydrogens is 368 g/mol. The lowest BCUT2D eigenvalue weighted by Crippen LogP contribution is -2.23. The quantitative estimate of drug-likeness (QED) is 0.642. The van der Waals surface area contributed by atoms with Crippen LogP contribution in [0.1, 0.15) is 16.8 Å². The van der Waals surface area contributed by atoms with Crippen LogP contribution in [0, 0.1) is 13.8 Å². The Morgan fingerprint density at radius 3 is 2.72 bits per heavy atom. The van der Waals surface area contributed by atoms with Gasteiger partial charge >= 0.3 is 6.01 Å².